The summed E-state index contributed by atoms with van der Waals surface area (Å²) < 4.78 is 47.6. The molecule has 0 aliphatic rings. The van der Waals surface area contributed by atoms with Crippen LogP contribution in [0, 0.1) is 0 Å². The standard InChI is InChI=1S/C17H17F3O3/c1-22-10-11-23-16(21)14-4-2-12(3-5-14)13-6-8-15(9-7-13)17(18,19)20/h2-9,16,21H,10-11H2,1H3. The van der Waals surface area contributed by atoms with Gasteiger partial charge in [-0.1, -0.05) is 36.4 Å². The third kappa shape index (κ3) is 4.79. The molecule has 1 atom stereocenters. The minimum atomic E-state index is -4.34. The van der Waals surface area contributed by atoms with Crippen molar-refractivity contribution < 1.29 is 27.8 Å². The van der Waals surface area contributed by atoms with E-state index in [-0.39, 0.29) is 6.61 Å². The summed E-state index contributed by atoms with van der Waals surface area (Å²) >= 11 is 0. The topological polar surface area (TPSA) is 38.7 Å². The van der Waals surface area contributed by atoms with Crippen LogP contribution in [0.5, 0.6) is 0 Å². The summed E-state index contributed by atoms with van der Waals surface area (Å²) in [6, 6.07) is 11.7. The summed E-state index contributed by atoms with van der Waals surface area (Å²) in [4.78, 5) is 0. The van der Waals surface area contributed by atoms with E-state index in [4.69, 9.17) is 9.47 Å². The molecule has 0 bridgehead atoms. The van der Waals surface area contributed by atoms with Crippen LogP contribution in [0.3, 0.4) is 0 Å². The van der Waals surface area contributed by atoms with Gasteiger partial charge in [0.25, 0.3) is 0 Å². The zero-order chi connectivity index (χ0) is 16.9. The van der Waals surface area contributed by atoms with Gasteiger partial charge in [0, 0.05) is 12.7 Å². The second kappa shape index (κ2) is 7.59. The van der Waals surface area contributed by atoms with Crippen molar-refractivity contribution in [3.05, 3.63) is 59.7 Å². The highest BCUT2D eigenvalue weighted by Gasteiger charge is 2.29. The van der Waals surface area contributed by atoms with Crippen molar-refractivity contribution in [3.63, 3.8) is 0 Å². The lowest BCUT2D eigenvalue weighted by molar-refractivity contribution is -0.137. The SMILES string of the molecule is COCCOC(O)c1ccc(-c2ccc(C(F)(F)F)cc2)cc1. The minimum Gasteiger partial charge on any atom is -0.382 e. The molecule has 2 aromatic carbocycles. The van der Waals surface area contributed by atoms with E-state index < -0.39 is 18.0 Å². The molecule has 2 rings (SSSR count). The molecule has 3 nitrogen and oxygen atoms in total. The molecule has 1 N–H and O–H groups in total. The highest BCUT2D eigenvalue weighted by atomic mass is 19.4. The van der Waals surface area contributed by atoms with Crippen LogP contribution in [0.4, 0.5) is 13.2 Å². The molecule has 6 heteroatoms. The quantitative estimate of drug-likeness (QED) is 0.643. The molecule has 0 heterocycles. The van der Waals surface area contributed by atoms with Gasteiger partial charge in [0.15, 0.2) is 6.29 Å². The van der Waals surface area contributed by atoms with Crippen LogP contribution in [-0.4, -0.2) is 25.4 Å². The van der Waals surface area contributed by atoms with E-state index >= 15 is 0 Å². The predicted octanol–water partition coefficient (Wildman–Crippen LogP) is 4.03. The van der Waals surface area contributed by atoms with E-state index in [1.165, 1.54) is 19.2 Å². The van der Waals surface area contributed by atoms with Gasteiger partial charge in [0.05, 0.1) is 18.8 Å². The van der Waals surface area contributed by atoms with Crippen LogP contribution < -0.4 is 0 Å². The number of rotatable bonds is 6. The molecule has 2 aromatic rings. The molecule has 0 saturated carbocycles. The van der Waals surface area contributed by atoms with E-state index in [2.05, 4.69) is 0 Å². The molecule has 0 aliphatic carbocycles. The molecule has 0 saturated heterocycles. The van der Waals surface area contributed by atoms with Gasteiger partial charge in [-0.25, -0.2) is 0 Å². The zero-order valence-electron chi connectivity index (χ0n) is 12.5. The maximum Gasteiger partial charge on any atom is 0.416 e. The van der Waals surface area contributed by atoms with E-state index in [0.717, 1.165) is 17.7 Å². The van der Waals surface area contributed by atoms with Crippen molar-refractivity contribution in [1.82, 2.24) is 0 Å². The average Bonchev–Trinajstić information content (AvgIpc) is 2.54. The summed E-state index contributed by atoms with van der Waals surface area (Å²) in [6.45, 7) is 0.638. The lowest BCUT2D eigenvalue weighted by atomic mass is 10.0. The fraction of sp³-hybridized carbons (Fsp3) is 0.294. The Morgan fingerprint density at radius 1 is 0.913 bits per heavy atom. The van der Waals surface area contributed by atoms with Crippen LogP contribution in [0.15, 0.2) is 48.5 Å². The highest BCUT2D eigenvalue weighted by Crippen LogP contribution is 2.31. The largest absolute Gasteiger partial charge is 0.416 e. The Hall–Kier alpha value is -1.89. The van der Waals surface area contributed by atoms with Crippen LogP contribution in [0.1, 0.15) is 17.4 Å². The number of ether oxygens (including phenoxy) is 2. The van der Waals surface area contributed by atoms with Crippen LogP contribution >= 0.6 is 0 Å². The van der Waals surface area contributed by atoms with E-state index in [1.807, 2.05) is 0 Å². The van der Waals surface area contributed by atoms with Gasteiger partial charge < -0.3 is 14.6 Å². The fourth-order valence-electron chi connectivity index (χ4n) is 2.03. The summed E-state index contributed by atoms with van der Waals surface area (Å²) in [5.74, 6) is 0. The second-order valence-electron chi connectivity index (χ2n) is 4.91. The first-order valence-electron chi connectivity index (χ1n) is 6.98. The lowest BCUT2D eigenvalue weighted by Crippen LogP contribution is -2.08. The number of benzene rings is 2. The van der Waals surface area contributed by atoms with Crippen LogP contribution in [-0.2, 0) is 15.7 Å². The first-order valence-corrected chi connectivity index (χ1v) is 6.98. The molecular weight excluding hydrogens is 309 g/mol. The number of halogens is 3. The third-order valence-electron chi connectivity index (χ3n) is 3.30. The molecule has 0 aliphatic heterocycles. The maximum atomic E-state index is 12.5. The summed E-state index contributed by atoms with van der Waals surface area (Å²) in [5, 5.41) is 9.83. The van der Waals surface area contributed by atoms with Gasteiger partial charge in [0.2, 0.25) is 0 Å². The molecule has 0 fully saturated rings. The lowest BCUT2D eigenvalue weighted by Gasteiger charge is -2.13. The number of alkyl halides is 3. The number of aliphatic hydroxyl groups is 1. The Morgan fingerprint density at radius 2 is 1.43 bits per heavy atom. The molecule has 0 spiro atoms. The van der Waals surface area contributed by atoms with Crippen LogP contribution in [0.25, 0.3) is 11.1 Å². The highest BCUT2D eigenvalue weighted by molar-refractivity contribution is 5.64. The van der Waals surface area contributed by atoms with Gasteiger partial charge in [0.1, 0.15) is 0 Å². The third-order valence-corrected chi connectivity index (χ3v) is 3.30. The number of aliphatic hydroxyl groups excluding tert-OH is 1. The van der Waals surface area contributed by atoms with Crippen LogP contribution in [0.2, 0.25) is 0 Å². The molecule has 0 radical (unpaired) electrons. The average molecular weight is 326 g/mol. The molecule has 23 heavy (non-hydrogen) atoms. The van der Waals surface area contributed by atoms with Crippen molar-refractivity contribution in [1.29, 1.82) is 0 Å². The number of methoxy groups -OCH3 is 1. The first-order chi connectivity index (χ1) is 10.9. The Morgan fingerprint density at radius 3 is 1.91 bits per heavy atom. The monoisotopic (exact) mass is 326 g/mol. The van der Waals surface area contributed by atoms with Crippen molar-refractivity contribution >= 4 is 0 Å². The van der Waals surface area contributed by atoms with E-state index in [0.29, 0.717) is 17.7 Å². The first kappa shape index (κ1) is 17.5. The smallest absolute Gasteiger partial charge is 0.382 e. The zero-order valence-corrected chi connectivity index (χ0v) is 12.5. The molecule has 124 valence electrons. The Balaban J connectivity index is 2.07. The number of hydrogen-bond acceptors (Lipinski definition) is 3. The molecule has 0 amide bonds. The van der Waals surface area contributed by atoms with E-state index in [9.17, 15) is 18.3 Å². The summed E-state index contributed by atoms with van der Waals surface area (Å²) in [7, 11) is 1.54. The minimum absolute atomic E-state index is 0.262. The molecule has 0 aromatic heterocycles. The molecule has 1 unspecified atom stereocenters. The van der Waals surface area contributed by atoms with Gasteiger partial charge in [-0.2, -0.15) is 13.2 Å². The summed E-state index contributed by atoms with van der Waals surface area (Å²) in [6.07, 6.45) is -5.40. The Bertz CT molecular complexity index is 606. The van der Waals surface area contributed by atoms with Crippen molar-refractivity contribution in [2.24, 2.45) is 0 Å². The second-order valence-corrected chi connectivity index (χ2v) is 4.91. The van der Waals surface area contributed by atoms with Gasteiger partial charge in [-0.3, -0.25) is 0 Å². The van der Waals surface area contributed by atoms with E-state index in [1.54, 1.807) is 24.3 Å². The fourth-order valence-corrected chi connectivity index (χ4v) is 2.03. The number of hydrogen-bond donors (Lipinski definition) is 1. The predicted molar refractivity (Wildman–Crippen MR) is 79.7 cm³/mol. The maximum absolute atomic E-state index is 12.5. The van der Waals surface area contributed by atoms with Crippen molar-refractivity contribution in [2.75, 3.05) is 20.3 Å². The van der Waals surface area contributed by atoms with Crippen molar-refractivity contribution in [3.8, 4) is 11.1 Å². The van der Waals surface area contributed by atoms with Gasteiger partial charge >= 0.3 is 6.18 Å². The van der Waals surface area contributed by atoms with Gasteiger partial charge in [-0.15, -0.1) is 0 Å². The molecular formula is C17H17F3O3. The normalized spacial score (nSPS) is 13.1. The van der Waals surface area contributed by atoms with Crippen molar-refractivity contribution in [2.45, 2.75) is 12.5 Å². The summed E-state index contributed by atoms with van der Waals surface area (Å²) in [5.41, 5.74) is 1.31. The van der Waals surface area contributed by atoms with Gasteiger partial charge in [-0.05, 0) is 23.3 Å². The Kier molecular flexibility index (Phi) is 5.76. The Labute approximate surface area is 132 Å².